The highest BCUT2D eigenvalue weighted by atomic mass is 79.9. The molecular weight excluding hydrogens is 252 g/mol. The molecule has 0 aliphatic heterocycles. The van der Waals surface area contributed by atoms with Crippen molar-refractivity contribution < 1.29 is 4.79 Å². The van der Waals surface area contributed by atoms with E-state index in [0.717, 1.165) is 5.03 Å². The summed E-state index contributed by atoms with van der Waals surface area (Å²) in [4.78, 5) is 18.8. The SMILES string of the molecule is CSc1ccnc(C(Br)C(C)=O)n1. The number of halogens is 1. The van der Waals surface area contributed by atoms with Gasteiger partial charge in [0.2, 0.25) is 0 Å². The molecule has 1 rings (SSSR count). The molecule has 0 saturated carbocycles. The molecule has 0 radical (unpaired) electrons. The average molecular weight is 261 g/mol. The molecule has 0 aliphatic carbocycles. The molecule has 0 fully saturated rings. The average Bonchev–Trinajstić information content (AvgIpc) is 2.16. The van der Waals surface area contributed by atoms with Crippen molar-refractivity contribution in [2.24, 2.45) is 0 Å². The lowest BCUT2D eigenvalue weighted by Crippen LogP contribution is -2.06. The van der Waals surface area contributed by atoms with Gasteiger partial charge in [-0.25, -0.2) is 9.97 Å². The van der Waals surface area contributed by atoms with Crippen LogP contribution < -0.4 is 0 Å². The van der Waals surface area contributed by atoms with Crippen molar-refractivity contribution in [1.29, 1.82) is 0 Å². The van der Waals surface area contributed by atoms with E-state index in [0.29, 0.717) is 5.82 Å². The second-order valence-electron chi connectivity index (χ2n) is 2.43. The quantitative estimate of drug-likeness (QED) is 0.475. The van der Waals surface area contributed by atoms with Gasteiger partial charge in [0.25, 0.3) is 0 Å². The smallest absolute Gasteiger partial charge is 0.151 e. The highest BCUT2D eigenvalue weighted by Gasteiger charge is 2.15. The van der Waals surface area contributed by atoms with Crippen LogP contribution in [0.2, 0.25) is 0 Å². The van der Waals surface area contributed by atoms with Crippen LogP contribution in [0, 0.1) is 0 Å². The van der Waals surface area contributed by atoms with Gasteiger partial charge in [0.15, 0.2) is 11.6 Å². The molecule has 3 nitrogen and oxygen atoms in total. The molecule has 70 valence electrons. The minimum Gasteiger partial charge on any atom is -0.298 e. The first kappa shape index (κ1) is 10.7. The second kappa shape index (κ2) is 4.72. The van der Waals surface area contributed by atoms with Gasteiger partial charge in [-0.2, -0.15) is 0 Å². The number of aromatic nitrogens is 2. The van der Waals surface area contributed by atoms with Crippen molar-refractivity contribution in [2.45, 2.75) is 16.8 Å². The van der Waals surface area contributed by atoms with Gasteiger partial charge >= 0.3 is 0 Å². The molecule has 1 unspecified atom stereocenters. The van der Waals surface area contributed by atoms with E-state index in [-0.39, 0.29) is 10.6 Å². The van der Waals surface area contributed by atoms with E-state index in [9.17, 15) is 4.79 Å². The molecule has 5 heteroatoms. The summed E-state index contributed by atoms with van der Waals surface area (Å²) >= 11 is 4.76. The van der Waals surface area contributed by atoms with Gasteiger partial charge in [-0.15, -0.1) is 11.8 Å². The van der Waals surface area contributed by atoms with E-state index in [1.165, 1.54) is 18.7 Å². The molecule has 0 aromatic carbocycles. The van der Waals surface area contributed by atoms with Crippen molar-refractivity contribution in [2.75, 3.05) is 6.26 Å². The molecular formula is C8H9BrN2OS. The summed E-state index contributed by atoms with van der Waals surface area (Å²) < 4.78 is 0. The molecule has 13 heavy (non-hydrogen) atoms. The number of hydrogen-bond donors (Lipinski definition) is 0. The van der Waals surface area contributed by atoms with Gasteiger partial charge in [-0.05, 0) is 19.2 Å². The van der Waals surface area contributed by atoms with Crippen molar-refractivity contribution in [3.63, 3.8) is 0 Å². The predicted octanol–water partition coefficient (Wildman–Crippen LogP) is 2.22. The van der Waals surface area contributed by atoms with Crippen LogP contribution in [0.1, 0.15) is 17.6 Å². The standard InChI is InChI=1S/C8H9BrN2OS/c1-5(12)7(9)8-10-4-3-6(11-8)13-2/h3-4,7H,1-2H3. The van der Waals surface area contributed by atoms with Crippen LogP contribution in [0.4, 0.5) is 0 Å². The van der Waals surface area contributed by atoms with Gasteiger partial charge in [-0.3, -0.25) is 4.79 Å². The lowest BCUT2D eigenvalue weighted by Gasteiger charge is -2.04. The Hall–Kier alpha value is -0.420. The number of alkyl halides is 1. The molecule has 1 aromatic heterocycles. The topological polar surface area (TPSA) is 42.9 Å². The molecule has 0 saturated heterocycles. The molecule has 0 amide bonds. The lowest BCUT2D eigenvalue weighted by atomic mass is 10.3. The fourth-order valence-corrected chi connectivity index (χ4v) is 1.38. The third-order valence-corrected chi connectivity index (χ3v) is 3.14. The van der Waals surface area contributed by atoms with Gasteiger partial charge in [0.1, 0.15) is 4.83 Å². The van der Waals surface area contributed by atoms with E-state index in [1.807, 2.05) is 12.3 Å². The van der Waals surface area contributed by atoms with Crippen LogP contribution in [0.15, 0.2) is 17.3 Å². The van der Waals surface area contributed by atoms with Crippen LogP contribution in [0.25, 0.3) is 0 Å². The maximum absolute atomic E-state index is 11.0. The summed E-state index contributed by atoms with van der Waals surface area (Å²) in [5.41, 5.74) is 0. The zero-order valence-corrected chi connectivity index (χ0v) is 9.72. The summed E-state index contributed by atoms with van der Waals surface area (Å²) in [6.45, 7) is 1.51. The van der Waals surface area contributed by atoms with Crippen LogP contribution in [0.3, 0.4) is 0 Å². The van der Waals surface area contributed by atoms with E-state index >= 15 is 0 Å². The zero-order valence-electron chi connectivity index (χ0n) is 7.32. The number of ketones is 1. The Labute approximate surface area is 89.5 Å². The molecule has 1 heterocycles. The van der Waals surface area contributed by atoms with Gasteiger partial charge < -0.3 is 0 Å². The highest BCUT2D eigenvalue weighted by molar-refractivity contribution is 9.09. The third-order valence-electron chi connectivity index (χ3n) is 1.44. The van der Waals surface area contributed by atoms with Gasteiger partial charge in [0.05, 0.1) is 5.03 Å². The fraction of sp³-hybridized carbons (Fsp3) is 0.375. The Balaban J connectivity index is 2.94. The van der Waals surface area contributed by atoms with Gasteiger partial charge in [0, 0.05) is 6.20 Å². The summed E-state index contributed by atoms with van der Waals surface area (Å²) in [6.07, 6.45) is 3.59. The lowest BCUT2D eigenvalue weighted by molar-refractivity contribution is -0.116. The van der Waals surface area contributed by atoms with Crippen LogP contribution in [-0.2, 0) is 4.79 Å². The van der Waals surface area contributed by atoms with E-state index in [4.69, 9.17) is 0 Å². The number of nitrogens with zero attached hydrogens (tertiary/aromatic N) is 2. The van der Waals surface area contributed by atoms with E-state index in [1.54, 1.807) is 6.20 Å². The van der Waals surface area contributed by atoms with E-state index < -0.39 is 0 Å². The van der Waals surface area contributed by atoms with Crippen molar-refractivity contribution >= 4 is 33.5 Å². The number of Topliss-reactive ketones (excluding diaryl/α,β-unsaturated/α-hetero) is 1. The predicted molar refractivity (Wildman–Crippen MR) is 56.2 cm³/mol. The summed E-state index contributed by atoms with van der Waals surface area (Å²) in [5.74, 6) is 0.539. The summed E-state index contributed by atoms with van der Waals surface area (Å²) in [5, 5.41) is 0.871. The maximum Gasteiger partial charge on any atom is 0.151 e. The fourth-order valence-electron chi connectivity index (χ4n) is 0.774. The first-order chi connectivity index (χ1) is 6.15. The molecule has 1 aromatic rings. The number of carbonyl (C=O) groups excluding carboxylic acids is 1. The number of carbonyl (C=O) groups is 1. The Morgan fingerprint density at radius 3 is 2.92 bits per heavy atom. The monoisotopic (exact) mass is 260 g/mol. The van der Waals surface area contributed by atoms with Crippen LogP contribution in [0.5, 0.6) is 0 Å². The summed E-state index contributed by atoms with van der Waals surface area (Å²) in [7, 11) is 0. The second-order valence-corrected chi connectivity index (χ2v) is 4.17. The zero-order chi connectivity index (χ0) is 9.84. The molecule has 0 N–H and O–H groups in total. The maximum atomic E-state index is 11.0. The van der Waals surface area contributed by atoms with Crippen molar-refractivity contribution in [1.82, 2.24) is 9.97 Å². The number of rotatable bonds is 3. The third kappa shape index (κ3) is 2.77. The number of hydrogen-bond acceptors (Lipinski definition) is 4. The Bertz CT molecular complexity index is 319. The Morgan fingerprint density at radius 1 is 1.69 bits per heavy atom. The van der Waals surface area contributed by atoms with E-state index in [2.05, 4.69) is 25.9 Å². The minimum atomic E-state index is -0.389. The first-order valence-electron chi connectivity index (χ1n) is 3.66. The molecule has 0 aliphatic rings. The minimum absolute atomic E-state index is 0.0123. The molecule has 1 atom stereocenters. The molecule has 0 bridgehead atoms. The van der Waals surface area contributed by atoms with Crippen LogP contribution in [-0.4, -0.2) is 22.0 Å². The number of thioether (sulfide) groups is 1. The van der Waals surface area contributed by atoms with Crippen molar-refractivity contribution in [3.8, 4) is 0 Å². The molecule has 0 spiro atoms. The normalized spacial score (nSPS) is 12.5. The highest BCUT2D eigenvalue weighted by Crippen LogP contribution is 2.21. The largest absolute Gasteiger partial charge is 0.298 e. The van der Waals surface area contributed by atoms with Crippen LogP contribution >= 0.6 is 27.7 Å². The summed E-state index contributed by atoms with van der Waals surface area (Å²) in [6, 6.07) is 1.81. The Kier molecular flexibility index (Phi) is 3.87. The first-order valence-corrected chi connectivity index (χ1v) is 5.80. The van der Waals surface area contributed by atoms with Crippen molar-refractivity contribution in [3.05, 3.63) is 18.1 Å². The Morgan fingerprint density at radius 2 is 2.38 bits per heavy atom. The van der Waals surface area contributed by atoms with Gasteiger partial charge in [-0.1, -0.05) is 15.9 Å².